The van der Waals surface area contributed by atoms with Crippen molar-refractivity contribution in [3.8, 4) is 5.69 Å². The standard InChI is InChI=1S/C11H11F3N4/c1-7(15)9-3-2-8(6-16-9)18-5-4-10(17-18)11(12,13)14/h2-7H,15H2,1H3. The summed E-state index contributed by atoms with van der Waals surface area (Å²) in [5, 5.41) is 3.45. The summed E-state index contributed by atoms with van der Waals surface area (Å²) in [4.78, 5) is 4.06. The Kier molecular flexibility index (Phi) is 3.08. The van der Waals surface area contributed by atoms with Gasteiger partial charge in [0.15, 0.2) is 5.69 Å². The number of nitrogens with zero attached hydrogens (tertiary/aromatic N) is 3. The second-order valence-electron chi connectivity index (χ2n) is 3.87. The Morgan fingerprint density at radius 1 is 1.28 bits per heavy atom. The zero-order valence-corrected chi connectivity index (χ0v) is 9.52. The molecule has 7 heteroatoms. The van der Waals surface area contributed by atoms with E-state index in [2.05, 4.69) is 10.1 Å². The predicted molar refractivity (Wildman–Crippen MR) is 59.0 cm³/mol. The number of pyridine rings is 1. The normalized spacial score (nSPS) is 13.6. The molecule has 2 rings (SSSR count). The van der Waals surface area contributed by atoms with Gasteiger partial charge < -0.3 is 5.73 Å². The molecule has 0 amide bonds. The van der Waals surface area contributed by atoms with E-state index in [9.17, 15) is 13.2 Å². The van der Waals surface area contributed by atoms with Gasteiger partial charge in [-0.05, 0) is 25.1 Å². The van der Waals surface area contributed by atoms with Crippen LogP contribution in [0.25, 0.3) is 5.69 Å². The maximum Gasteiger partial charge on any atom is 0.435 e. The first kappa shape index (κ1) is 12.6. The van der Waals surface area contributed by atoms with Crippen LogP contribution < -0.4 is 5.73 Å². The number of nitrogens with two attached hydrogens (primary N) is 1. The first-order valence-corrected chi connectivity index (χ1v) is 5.22. The van der Waals surface area contributed by atoms with Crippen molar-refractivity contribution in [1.82, 2.24) is 14.8 Å². The van der Waals surface area contributed by atoms with E-state index in [1.807, 2.05) is 0 Å². The number of aromatic nitrogens is 3. The van der Waals surface area contributed by atoms with Gasteiger partial charge in [0.05, 0.1) is 17.6 Å². The monoisotopic (exact) mass is 256 g/mol. The average molecular weight is 256 g/mol. The molecule has 18 heavy (non-hydrogen) atoms. The molecule has 1 atom stereocenters. The molecule has 2 heterocycles. The first-order chi connectivity index (χ1) is 8.38. The molecule has 0 bridgehead atoms. The Bertz CT molecular complexity index is 528. The van der Waals surface area contributed by atoms with Gasteiger partial charge in [-0.25, -0.2) is 4.68 Å². The highest BCUT2D eigenvalue weighted by Gasteiger charge is 2.33. The third-order valence-corrected chi connectivity index (χ3v) is 2.38. The molecule has 0 spiro atoms. The van der Waals surface area contributed by atoms with Crippen molar-refractivity contribution in [2.75, 3.05) is 0 Å². The summed E-state index contributed by atoms with van der Waals surface area (Å²) >= 11 is 0. The minimum atomic E-state index is -4.44. The summed E-state index contributed by atoms with van der Waals surface area (Å²) in [6.07, 6.45) is -1.76. The van der Waals surface area contributed by atoms with Gasteiger partial charge >= 0.3 is 6.18 Å². The molecular weight excluding hydrogens is 245 g/mol. The molecule has 0 fully saturated rings. The highest BCUT2D eigenvalue weighted by molar-refractivity contribution is 5.30. The van der Waals surface area contributed by atoms with E-state index in [1.54, 1.807) is 19.1 Å². The topological polar surface area (TPSA) is 56.7 Å². The van der Waals surface area contributed by atoms with Gasteiger partial charge in [0, 0.05) is 12.2 Å². The van der Waals surface area contributed by atoms with Crippen LogP contribution >= 0.6 is 0 Å². The fourth-order valence-electron chi connectivity index (χ4n) is 1.42. The smallest absolute Gasteiger partial charge is 0.323 e. The maximum atomic E-state index is 12.4. The quantitative estimate of drug-likeness (QED) is 0.897. The van der Waals surface area contributed by atoms with Crippen molar-refractivity contribution >= 4 is 0 Å². The summed E-state index contributed by atoms with van der Waals surface area (Å²) in [5.41, 5.74) is 5.82. The highest BCUT2D eigenvalue weighted by atomic mass is 19.4. The van der Waals surface area contributed by atoms with Gasteiger partial charge in [-0.1, -0.05) is 0 Å². The van der Waals surface area contributed by atoms with E-state index in [4.69, 9.17) is 5.73 Å². The Morgan fingerprint density at radius 2 is 2.00 bits per heavy atom. The Balaban J connectivity index is 2.29. The molecule has 96 valence electrons. The van der Waals surface area contributed by atoms with Gasteiger partial charge in [0.1, 0.15) is 0 Å². The zero-order valence-electron chi connectivity index (χ0n) is 9.52. The van der Waals surface area contributed by atoms with Crippen molar-refractivity contribution in [2.24, 2.45) is 5.73 Å². The minimum Gasteiger partial charge on any atom is -0.323 e. The lowest BCUT2D eigenvalue weighted by Crippen LogP contribution is -2.09. The molecule has 0 aliphatic heterocycles. The molecule has 0 radical (unpaired) electrons. The summed E-state index contributed by atoms with van der Waals surface area (Å²) in [6.45, 7) is 1.78. The van der Waals surface area contributed by atoms with Gasteiger partial charge in [-0.15, -0.1) is 0 Å². The van der Waals surface area contributed by atoms with E-state index in [1.165, 1.54) is 12.4 Å². The molecule has 4 nitrogen and oxygen atoms in total. The molecule has 0 saturated carbocycles. The maximum absolute atomic E-state index is 12.4. The summed E-state index contributed by atoms with van der Waals surface area (Å²) in [6, 6.07) is 3.98. The van der Waals surface area contributed by atoms with Crippen LogP contribution in [0.1, 0.15) is 24.4 Å². The molecule has 0 aliphatic rings. The number of hydrogen-bond donors (Lipinski definition) is 1. The van der Waals surface area contributed by atoms with Crippen LogP contribution in [0, 0.1) is 0 Å². The van der Waals surface area contributed by atoms with Gasteiger partial charge in [-0.3, -0.25) is 4.98 Å². The largest absolute Gasteiger partial charge is 0.435 e. The molecule has 2 aromatic rings. The molecule has 1 unspecified atom stereocenters. The van der Waals surface area contributed by atoms with E-state index in [-0.39, 0.29) is 6.04 Å². The van der Waals surface area contributed by atoms with Gasteiger partial charge in [0.2, 0.25) is 0 Å². The number of halogens is 3. The first-order valence-electron chi connectivity index (χ1n) is 5.22. The molecule has 2 N–H and O–H groups in total. The lowest BCUT2D eigenvalue weighted by Gasteiger charge is -2.06. The Morgan fingerprint density at radius 3 is 2.44 bits per heavy atom. The average Bonchev–Trinajstić information content (AvgIpc) is 2.78. The van der Waals surface area contributed by atoms with Crippen molar-refractivity contribution in [1.29, 1.82) is 0 Å². The third-order valence-electron chi connectivity index (χ3n) is 2.38. The van der Waals surface area contributed by atoms with Gasteiger partial charge in [-0.2, -0.15) is 18.3 Å². The lowest BCUT2D eigenvalue weighted by molar-refractivity contribution is -0.141. The number of alkyl halides is 3. The minimum absolute atomic E-state index is 0.220. The van der Waals surface area contributed by atoms with Crippen LogP contribution in [-0.2, 0) is 6.18 Å². The van der Waals surface area contributed by atoms with Crippen molar-refractivity contribution in [3.63, 3.8) is 0 Å². The predicted octanol–water partition coefficient (Wildman–Crippen LogP) is 2.31. The van der Waals surface area contributed by atoms with Crippen LogP contribution in [0.4, 0.5) is 13.2 Å². The number of rotatable bonds is 2. The molecule has 0 saturated heterocycles. The fourth-order valence-corrected chi connectivity index (χ4v) is 1.42. The summed E-state index contributed by atoms with van der Waals surface area (Å²) in [7, 11) is 0. The molecular formula is C11H11F3N4. The molecule has 2 aromatic heterocycles. The summed E-state index contributed by atoms with van der Waals surface area (Å²) < 4.78 is 38.3. The SMILES string of the molecule is CC(N)c1ccc(-n2ccc(C(F)(F)F)n2)cn1. The van der Waals surface area contributed by atoms with Crippen LogP contribution in [0.15, 0.2) is 30.6 Å². The van der Waals surface area contributed by atoms with Crippen LogP contribution in [0.5, 0.6) is 0 Å². The second-order valence-corrected chi connectivity index (χ2v) is 3.87. The second kappa shape index (κ2) is 4.41. The third kappa shape index (κ3) is 2.51. The lowest BCUT2D eigenvalue weighted by atomic mass is 10.2. The molecule has 0 aliphatic carbocycles. The number of hydrogen-bond acceptors (Lipinski definition) is 3. The van der Waals surface area contributed by atoms with Crippen LogP contribution in [-0.4, -0.2) is 14.8 Å². The Labute approximate surface area is 101 Å². The summed E-state index contributed by atoms with van der Waals surface area (Å²) in [5.74, 6) is 0. The fraction of sp³-hybridized carbons (Fsp3) is 0.273. The van der Waals surface area contributed by atoms with E-state index < -0.39 is 11.9 Å². The van der Waals surface area contributed by atoms with Crippen LogP contribution in [0.3, 0.4) is 0 Å². The van der Waals surface area contributed by atoms with E-state index >= 15 is 0 Å². The molecule has 0 aromatic carbocycles. The van der Waals surface area contributed by atoms with E-state index in [0.29, 0.717) is 11.4 Å². The highest BCUT2D eigenvalue weighted by Crippen LogP contribution is 2.27. The van der Waals surface area contributed by atoms with Crippen molar-refractivity contribution < 1.29 is 13.2 Å². The van der Waals surface area contributed by atoms with Crippen LogP contribution in [0.2, 0.25) is 0 Å². The van der Waals surface area contributed by atoms with E-state index in [0.717, 1.165) is 10.7 Å². The zero-order chi connectivity index (χ0) is 13.3. The van der Waals surface area contributed by atoms with Crippen molar-refractivity contribution in [3.05, 3.63) is 42.0 Å². The van der Waals surface area contributed by atoms with Gasteiger partial charge in [0.25, 0.3) is 0 Å². The Hall–Kier alpha value is -1.89. The van der Waals surface area contributed by atoms with Crippen molar-refractivity contribution in [2.45, 2.75) is 19.1 Å².